The van der Waals surface area contributed by atoms with Gasteiger partial charge in [0.15, 0.2) is 0 Å². The van der Waals surface area contributed by atoms with Crippen molar-refractivity contribution in [2.24, 2.45) is 11.5 Å². The average Bonchev–Trinajstić information content (AvgIpc) is 2.50. The first kappa shape index (κ1) is 18.4. The number of carboxylic acid groups (broad SMARTS) is 1. The SMILES string of the molecule is CC(N)(C[C@H](N)Cc1ccc(-c2cc(Cl)ccc2F)cc1)C(=O)O. The van der Waals surface area contributed by atoms with Crippen molar-refractivity contribution < 1.29 is 14.3 Å². The van der Waals surface area contributed by atoms with Gasteiger partial charge >= 0.3 is 5.97 Å². The lowest BCUT2D eigenvalue weighted by molar-refractivity contribution is -0.143. The number of hydrogen-bond donors (Lipinski definition) is 3. The minimum atomic E-state index is -1.36. The third kappa shape index (κ3) is 4.54. The van der Waals surface area contributed by atoms with Crippen molar-refractivity contribution in [3.05, 3.63) is 58.9 Å². The maximum Gasteiger partial charge on any atom is 0.323 e. The molecule has 0 fully saturated rings. The summed E-state index contributed by atoms with van der Waals surface area (Å²) >= 11 is 5.91. The molecule has 2 aromatic carbocycles. The summed E-state index contributed by atoms with van der Waals surface area (Å²) in [6.07, 6.45) is 0.644. The van der Waals surface area contributed by atoms with Crippen molar-refractivity contribution in [1.29, 1.82) is 0 Å². The third-order valence-corrected chi connectivity index (χ3v) is 4.10. The second-order valence-corrected chi connectivity index (χ2v) is 6.65. The molecule has 128 valence electrons. The lowest BCUT2D eigenvalue weighted by Gasteiger charge is -2.23. The summed E-state index contributed by atoms with van der Waals surface area (Å²) in [6, 6.07) is 11.3. The Balaban J connectivity index is 2.10. The van der Waals surface area contributed by atoms with Gasteiger partial charge in [0.1, 0.15) is 11.4 Å². The van der Waals surface area contributed by atoms with E-state index < -0.39 is 11.5 Å². The Hall–Kier alpha value is -1.95. The molecule has 1 unspecified atom stereocenters. The molecular formula is C18H20ClFN2O2. The summed E-state index contributed by atoms with van der Waals surface area (Å²) in [7, 11) is 0. The highest BCUT2D eigenvalue weighted by molar-refractivity contribution is 6.30. The number of carbonyl (C=O) groups is 1. The summed E-state index contributed by atoms with van der Waals surface area (Å²) in [5.74, 6) is -1.42. The molecule has 0 aliphatic carbocycles. The second-order valence-electron chi connectivity index (χ2n) is 6.21. The molecule has 0 bridgehead atoms. The summed E-state index contributed by atoms with van der Waals surface area (Å²) in [6.45, 7) is 1.44. The number of hydrogen-bond acceptors (Lipinski definition) is 3. The smallest absolute Gasteiger partial charge is 0.323 e. The van der Waals surface area contributed by atoms with Gasteiger partial charge in [-0.25, -0.2) is 4.39 Å². The van der Waals surface area contributed by atoms with Crippen LogP contribution in [-0.2, 0) is 11.2 Å². The van der Waals surface area contributed by atoms with E-state index >= 15 is 0 Å². The maximum atomic E-state index is 13.9. The first-order valence-corrected chi connectivity index (χ1v) is 7.89. The van der Waals surface area contributed by atoms with Crippen molar-refractivity contribution in [2.75, 3.05) is 0 Å². The molecule has 0 saturated carbocycles. The predicted octanol–water partition coefficient (Wildman–Crippen LogP) is 3.21. The Labute approximate surface area is 145 Å². The normalized spacial score (nSPS) is 14.9. The van der Waals surface area contributed by atoms with Crippen molar-refractivity contribution in [1.82, 2.24) is 0 Å². The van der Waals surface area contributed by atoms with E-state index in [1.807, 2.05) is 12.1 Å². The molecule has 0 amide bonds. The van der Waals surface area contributed by atoms with Crippen LogP contribution in [0.5, 0.6) is 0 Å². The van der Waals surface area contributed by atoms with Crippen molar-refractivity contribution >= 4 is 17.6 Å². The number of carboxylic acids is 1. The monoisotopic (exact) mass is 350 g/mol. The molecule has 0 aliphatic heterocycles. The van der Waals surface area contributed by atoms with Crippen molar-refractivity contribution in [3.8, 4) is 11.1 Å². The molecular weight excluding hydrogens is 331 g/mol. The number of halogens is 2. The van der Waals surface area contributed by atoms with E-state index in [4.69, 9.17) is 28.2 Å². The summed E-state index contributed by atoms with van der Waals surface area (Å²) in [5, 5.41) is 9.51. The Morgan fingerprint density at radius 3 is 2.50 bits per heavy atom. The molecule has 0 heterocycles. The molecule has 0 aliphatic rings. The fourth-order valence-corrected chi connectivity index (χ4v) is 2.72. The minimum Gasteiger partial charge on any atom is -0.480 e. The standard InChI is InChI=1S/C18H20ClFN2O2/c1-18(22,17(23)24)10-14(21)8-11-2-4-12(5-3-11)15-9-13(19)6-7-16(15)20/h2-7,9,14H,8,10,21-22H2,1H3,(H,23,24)/t14-,18?/m1/s1. The van der Waals surface area contributed by atoms with Crippen LogP contribution in [0, 0.1) is 5.82 Å². The van der Waals surface area contributed by atoms with Crippen LogP contribution in [-0.4, -0.2) is 22.7 Å². The van der Waals surface area contributed by atoms with Gasteiger partial charge in [0.25, 0.3) is 0 Å². The zero-order valence-corrected chi connectivity index (χ0v) is 14.1. The quantitative estimate of drug-likeness (QED) is 0.746. The molecule has 0 saturated heterocycles. The van der Waals surface area contributed by atoms with Crippen molar-refractivity contribution in [3.63, 3.8) is 0 Å². The van der Waals surface area contributed by atoms with E-state index in [-0.39, 0.29) is 18.3 Å². The lowest BCUT2D eigenvalue weighted by Crippen LogP contribution is -2.49. The van der Waals surface area contributed by atoms with E-state index in [0.717, 1.165) is 5.56 Å². The van der Waals surface area contributed by atoms with Gasteiger partial charge in [-0.15, -0.1) is 0 Å². The van der Waals surface area contributed by atoms with Crippen molar-refractivity contribution in [2.45, 2.75) is 31.3 Å². The van der Waals surface area contributed by atoms with E-state index in [9.17, 15) is 9.18 Å². The van der Waals surface area contributed by atoms with Crippen LogP contribution < -0.4 is 11.5 Å². The van der Waals surface area contributed by atoms with Gasteiger partial charge in [0, 0.05) is 16.6 Å². The van der Waals surface area contributed by atoms with Crippen LogP contribution in [0.3, 0.4) is 0 Å². The van der Waals surface area contributed by atoms with Gasteiger partial charge in [0.2, 0.25) is 0 Å². The number of benzene rings is 2. The number of aliphatic carboxylic acids is 1. The molecule has 5 N–H and O–H groups in total. The number of rotatable bonds is 6. The van der Waals surface area contributed by atoms with E-state index in [1.165, 1.54) is 19.1 Å². The Bertz CT molecular complexity index is 732. The Kier molecular flexibility index (Phi) is 5.59. The molecule has 2 atom stereocenters. The molecule has 0 radical (unpaired) electrons. The highest BCUT2D eigenvalue weighted by Gasteiger charge is 2.30. The van der Waals surface area contributed by atoms with Gasteiger partial charge < -0.3 is 16.6 Å². The van der Waals surface area contributed by atoms with Crippen LogP contribution in [0.1, 0.15) is 18.9 Å². The van der Waals surface area contributed by atoms with Crippen LogP contribution >= 0.6 is 11.6 Å². The van der Waals surface area contributed by atoms with E-state index in [1.54, 1.807) is 18.2 Å². The fraction of sp³-hybridized carbons (Fsp3) is 0.278. The zero-order chi connectivity index (χ0) is 17.9. The molecule has 6 heteroatoms. The van der Waals surface area contributed by atoms with Crippen LogP contribution in [0.15, 0.2) is 42.5 Å². The fourth-order valence-electron chi connectivity index (χ4n) is 2.55. The molecule has 24 heavy (non-hydrogen) atoms. The Morgan fingerprint density at radius 1 is 1.29 bits per heavy atom. The third-order valence-electron chi connectivity index (χ3n) is 3.87. The summed E-state index contributed by atoms with van der Waals surface area (Å²) < 4.78 is 13.9. The highest BCUT2D eigenvalue weighted by Crippen LogP contribution is 2.26. The highest BCUT2D eigenvalue weighted by atomic mass is 35.5. The maximum absolute atomic E-state index is 13.9. The minimum absolute atomic E-state index is 0.160. The predicted molar refractivity (Wildman–Crippen MR) is 93.4 cm³/mol. The summed E-state index contributed by atoms with van der Waals surface area (Å²) in [5.41, 5.74) is 12.4. The average molecular weight is 351 g/mol. The molecule has 2 aromatic rings. The first-order chi connectivity index (χ1) is 11.2. The molecule has 2 rings (SSSR count). The van der Waals surface area contributed by atoms with E-state index in [0.29, 0.717) is 22.6 Å². The van der Waals surface area contributed by atoms with Crippen LogP contribution in [0.2, 0.25) is 5.02 Å². The van der Waals surface area contributed by atoms with Gasteiger partial charge in [-0.3, -0.25) is 4.79 Å². The van der Waals surface area contributed by atoms with Gasteiger partial charge in [0.05, 0.1) is 0 Å². The lowest BCUT2D eigenvalue weighted by atomic mass is 9.91. The van der Waals surface area contributed by atoms with Crippen LogP contribution in [0.25, 0.3) is 11.1 Å². The first-order valence-electron chi connectivity index (χ1n) is 7.51. The Morgan fingerprint density at radius 2 is 1.92 bits per heavy atom. The number of nitrogens with two attached hydrogens (primary N) is 2. The van der Waals surface area contributed by atoms with Gasteiger partial charge in [-0.05, 0) is 49.1 Å². The van der Waals surface area contributed by atoms with Crippen LogP contribution in [0.4, 0.5) is 4.39 Å². The van der Waals surface area contributed by atoms with Gasteiger partial charge in [-0.1, -0.05) is 35.9 Å². The molecule has 0 aromatic heterocycles. The molecule has 0 spiro atoms. The zero-order valence-electron chi connectivity index (χ0n) is 13.3. The van der Waals surface area contributed by atoms with E-state index in [2.05, 4.69) is 0 Å². The summed E-state index contributed by atoms with van der Waals surface area (Å²) in [4.78, 5) is 11.0. The second kappa shape index (κ2) is 7.30. The topological polar surface area (TPSA) is 89.3 Å². The van der Waals surface area contributed by atoms with Gasteiger partial charge in [-0.2, -0.15) is 0 Å². The largest absolute Gasteiger partial charge is 0.480 e. The molecule has 4 nitrogen and oxygen atoms in total.